The van der Waals surface area contributed by atoms with Crippen molar-refractivity contribution in [3.8, 4) is 0 Å². The van der Waals surface area contributed by atoms with E-state index in [1.54, 1.807) is 6.07 Å². The summed E-state index contributed by atoms with van der Waals surface area (Å²) in [6, 6.07) is 19.1. The number of nitrogens with zero attached hydrogens (tertiary/aromatic N) is 1. The molecule has 2 amide bonds. The summed E-state index contributed by atoms with van der Waals surface area (Å²) < 4.78 is 0. The fraction of sp³-hybridized carbons (Fsp3) is 0.158. The molecule has 0 unspecified atom stereocenters. The first-order chi connectivity index (χ1) is 12.2. The number of halogens is 1. The van der Waals surface area contributed by atoms with E-state index in [0.29, 0.717) is 24.7 Å². The number of nitrogens with one attached hydrogen (secondary N) is 3. The van der Waals surface area contributed by atoms with Gasteiger partial charge in [0.2, 0.25) is 0 Å². The van der Waals surface area contributed by atoms with Gasteiger partial charge in [0, 0.05) is 30.0 Å². The summed E-state index contributed by atoms with van der Waals surface area (Å²) in [6.07, 6.45) is 0. The molecule has 0 saturated carbocycles. The van der Waals surface area contributed by atoms with Crippen molar-refractivity contribution < 1.29 is 4.79 Å². The van der Waals surface area contributed by atoms with Crippen LogP contribution in [0.1, 0.15) is 5.56 Å². The number of carbonyl (C=O) groups excluding carboxylic acids is 1. The summed E-state index contributed by atoms with van der Waals surface area (Å²) in [5.74, 6) is 0.789. The molecular weight excluding hydrogens is 336 g/mol. The first kappa shape index (κ1) is 17.0. The van der Waals surface area contributed by atoms with E-state index < -0.39 is 0 Å². The van der Waals surface area contributed by atoms with Crippen LogP contribution in [0.4, 0.5) is 10.6 Å². The zero-order valence-electron chi connectivity index (χ0n) is 13.6. The van der Waals surface area contributed by atoms with E-state index in [1.807, 2.05) is 54.6 Å². The molecule has 0 saturated heterocycles. The molecule has 2 aromatic carbocycles. The number of carbonyl (C=O) groups is 1. The third-order valence-electron chi connectivity index (χ3n) is 3.71. The first-order valence-electron chi connectivity index (χ1n) is 8.07. The summed E-state index contributed by atoms with van der Waals surface area (Å²) in [5, 5.41) is 10.5. The maximum absolute atomic E-state index is 11.8. The molecule has 1 aromatic heterocycles. The van der Waals surface area contributed by atoms with Gasteiger partial charge in [0.15, 0.2) is 0 Å². The van der Waals surface area contributed by atoms with Gasteiger partial charge in [-0.2, -0.15) is 0 Å². The number of hydrogen-bond acceptors (Lipinski definition) is 3. The van der Waals surface area contributed by atoms with Crippen LogP contribution >= 0.6 is 11.6 Å². The van der Waals surface area contributed by atoms with E-state index in [1.165, 1.54) is 0 Å². The van der Waals surface area contributed by atoms with Crippen molar-refractivity contribution in [2.24, 2.45) is 0 Å². The second-order valence-corrected chi connectivity index (χ2v) is 5.92. The number of pyridine rings is 1. The van der Waals surface area contributed by atoms with Crippen LogP contribution in [-0.4, -0.2) is 24.1 Å². The third kappa shape index (κ3) is 4.84. The minimum atomic E-state index is -0.229. The number of urea groups is 1. The van der Waals surface area contributed by atoms with Crippen molar-refractivity contribution in [2.75, 3.05) is 18.4 Å². The predicted octanol–water partition coefficient (Wildman–Crippen LogP) is 3.80. The van der Waals surface area contributed by atoms with E-state index >= 15 is 0 Å². The van der Waals surface area contributed by atoms with Crippen molar-refractivity contribution in [1.82, 2.24) is 15.6 Å². The number of para-hydroxylation sites is 1. The van der Waals surface area contributed by atoms with E-state index in [9.17, 15) is 4.79 Å². The van der Waals surface area contributed by atoms with Crippen LogP contribution in [0.2, 0.25) is 5.02 Å². The molecule has 6 heteroatoms. The van der Waals surface area contributed by atoms with Gasteiger partial charge in [0.1, 0.15) is 5.82 Å². The number of benzene rings is 2. The molecule has 3 aromatic rings. The van der Waals surface area contributed by atoms with E-state index in [-0.39, 0.29) is 6.03 Å². The van der Waals surface area contributed by atoms with E-state index in [2.05, 4.69) is 20.9 Å². The second kappa shape index (κ2) is 8.35. The average Bonchev–Trinajstić information content (AvgIpc) is 2.64. The molecule has 3 rings (SSSR count). The quantitative estimate of drug-likeness (QED) is 0.590. The molecule has 1 heterocycles. The van der Waals surface area contributed by atoms with Gasteiger partial charge in [-0.15, -0.1) is 0 Å². The summed E-state index contributed by atoms with van der Waals surface area (Å²) >= 11 is 6.06. The molecule has 5 nitrogen and oxygen atoms in total. The molecule has 0 bridgehead atoms. The highest BCUT2D eigenvalue weighted by Crippen LogP contribution is 2.15. The molecule has 0 aliphatic rings. The summed E-state index contributed by atoms with van der Waals surface area (Å²) in [4.78, 5) is 16.3. The number of amides is 2. The Bertz CT molecular complexity index is 869. The largest absolute Gasteiger partial charge is 0.368 e. The number of aromatic nitrogens is 1. The van der Waals surface area contributed by atoms with Gasteiger partial charge in [0.25, 0.3) is 0 Å². The minimum Gasteiger partial charge on any atom is -0.368 e. The highest BCUT2D eigenvalue weighted by molar-refractivity contribution is 6.31. The van der Waals surface area contributed by atoms with Gasteiger partial charge >= 0.3 is 6.03 Å². The molecule has 3 N–H and O–H groups in total. The molecule has 0 atom stereocenters. The van der Waals surface area contributed by atoms with Crippen LogP contribution in [-0.2, 0) is 6.54 Å². The van der Waals surface area contributed by atoms with Crippen molar-refractivity contribution in [3.63, 3.8) is 0 Å². The zero-order chi connectivity index (χ0) is 17.5. The van der Waals surface area contributed by atoms with E-state index in [4.69, 9.17) is 11.6 Å². The van der Waals surface area contributed by atoms with Gasteiger partial charge in [-0.25, -0.2) is 9.78 Å². The molecule has 128 valence electrons. The summed E-state index contributed by atoms with van der Waals surface area (Å²) in [5.41, 5.74) is 1.83. The van der Waals surface area contributed by atoms with Crippen LogP contribution < -0.4 is 16.0 Å². The van der Waals surface area contributed by atoms with E-state index in [0.717, 1.165) is 22.3 Å². The van der Waals surface area contributed by atoms with Crippen LogP contribution in [0, 0.1) is 0 Å². The number of anilines is 1. The average molecular weight is 355 g/mol. The molecule has 0 aliphatic carbocycles. The maximum Gasteiger partial charge on any atom is 0.315 e. The number of fused-ring (bicyclic) bond motifs is 1. The normalized spacial score (nSPS) is 10.4. The lowest BCUT2D eigenvalue weighted by Gasteiger charge is -2.10. The topological polar surface area (TPSA) is 66.0 Å². The lowest BCUT2D eigenvalue weighted by Crippen LogP contribution is -2.37. The summed E-state index contributed by atoms with van der Waals surface area (Å²) in [7, 11) is 0. The predicted molar refractivity (Wildman–Crippen MR) is 102 cm³/mol. The Morgan fingerprint density at radius 2 is 1.72 bits per heavy atom. The fourth-order valence-electron chi connectivity index (χ4n) is 2.41. The molecule has 25 heavy (non-hydrogen) atoms. The van der Waals surface area contributed by atoms with Gasteiger partial charge < -0.3 is 16.0 Å². The van der Waals surface area contributed by atoms with Crippen LogP contribution in [0.25, 0.3) is 10.9 Å². The first-order valence-corrected chi connectivity index (χ1v) is 8.45. The lowest BCUT2D eigenvalue weighted by atomic mass is 10.2. The monoisotopic (exact) mass is 354 g/mol. The Morgan fingerprint density at radius 1 is 0.920 bits per heavy atom. The smallest absolute Gasteiger partial charge is 0.315 e. The molecule has 0 radical (unpaired) electrons. The Balaban J connectivity index is 1.40. The van der Waals surface area contributed by atoms with Crippen LogP contribution in [0.3, 0.4) is 0 Å². The third-order valence-corrected chi connectivity index (χ3v) is 4.08. The highest BCUT2D eigenvalue weighted by atomic mass is 35.5. The SMILES string of the molecule is O=C(NCCNc1ccc2ccccc2n1)NCc1ccccc1Cl. The molecular formula is C19H19ClN4O. The Kier molecular flexibility index (Phi) is 5.69. The van der Waals surface area contributed by atoms with Gasteiger partial charge in [-0.3, -0.25) is 0 Å². The molecule has 0 aliphatic heterocycles. The van der Waals surface area contributed by atoms with Crippen LogP contribution in [0.15, 0.2) is 60.7 Å². The van der Waals surface area contributed by atoms with Crippen molar-refractivity contribution >= 4 is 34.4 Å². The zero-order valence-corrected chi connectivity index (χ0v) is 14.4. The minimum absolute atomic E-state index is 0.229. The van der Waals surface area contributed by atoms with Crippen molar-refractivity contribution in [3.05, 3.63) is 71.2 Å². The van der Waals surface area contributed by atoms with Crippen LogP contribution in [0.5, 0.6) is 0 Å². The number of rotatable bonds is 6. The Hall–Kier alpha value is -2.79. The molecule has 0 fully saturated rings. The standard InChI is InChI=1S/C19H19ClN4O/c20-16-7-3-1-6-15(16)13-23-19(25)22-12-11-21-18-10-9-14-5-2-4-8-17(14)24-18/h1-10H,11-13H2,(H,21,24)(H2,22,23,25). The van der Waals surface area contributed by atoms with Gasteiger partial charge in [-0.1, -0.05) is 48.0 Å². The van der Waals surface area contributed by atoms with Gasteiger partial charge in [0.05, 0.1) is 5.52 Å². The van der Waals surface area contributed by atoms with Gasteiger partial charge in [-0.05, 0) is 29.8 Å². The maximum atomic E-state index is 11.8. The lowest BCUT2D eigenvalue weighted by molar-refractivity contribution is 0.241. The summed E-state index contributed by atoms with van der Waals surface area (Å²) in [6.45, 7) is 1.47. The van der Waals surface area contributed by atoms with Crippen molar-refractivity contribution in [1.29, 1.82) is 0 Å². The fourth-order valence-corrected chi connectivity index (χ4v) is 2.61. The Morgan fingerprint density at radius 3 is 2.60 bits per heavy atom. The second-order valence-electron chi connectivity index (χ2n) is 5.52. The highest BCUT2D eigenvalue weighted by Gasteiger charge is 2.03. The van der Waals surface area contributed by atoms with Crippen molar-refractivity contribution in [2.45, 2.75) is 6.54 Å². The molecule has 0 spiro atoms. The number of hydrogen-bond donors (Lipinski definition) is 3. The Labute approximate surface area is 151 Å².